The fourth-order valence-electron chi connectivity index (χ4n) is 3.37. The van der Waals surface area contributed by atoms with Crippen LogP contribution in [0.1, 0.15) is 28.7 Å². The summed E-state index contributed by atoms with van der Waals surface area (Å²) in [4.78, 5) is 26.7. The van der Waals surface area contributed by atoms with E-state index in [9.17, 15) is 9.59 Å². The minimum absolute atomic E-state index is 0.0338. The first-order chi connectivity index (χ1) is 11.8. The zero-order valence-corrected chi connectivity index (χ0v) is 15.1. The van der Waals surface area contributed by atoms with Gasteiger partial charge in [-0.25, -0.2) is 0 Å². The average molecular weight is 337 g/mol. The van der Waals surface area contributed by atoms with Gasteiger partial charge in [0.05, 0.1) is 5.92 Å². The van der Waals surface area contributed by atoms with Crippen molar-refractivity contribution in [3.8, 4) is 5.75 Å². The molecule has 1 amide bonds. The van der Waals surface area contributed by atoms with Gasteiger partial charge in [-0.05, 0) is 62.1 Å². The van der Waals surface area contributed by atoms with Crippen molar-refractivity contribution in [2.24, 2.45) is 5.92 Å². The summed E-state index contributed by atoms with van der Waals surface area (Å²) in [5.74, 6) is -0.205. The number of anilines is 1. The summed E-state index contributed by atoms with van der Waals surface area (Å²) in [6.07, 6.45) is 0.191. The van der Waals surface area contributed by atoms with E-state index in [2.05, 4.69) is 6.07 Å². The third kappa shape index (κ3) is 3.58. The molecule has 1 aliphatic rings. The van der Waals surface area contributed by atoms with Gasteiger partial charge in [-0.2, -0.15) is 0 Å². The lowest BCUT2D eigenvalue weighted by molar-refractivity contribution is -0.139. The van der Waals surface area contributed by atoms with Gasteiger partial charge in [-0.15, -0.1) is 0 Å². The van der Waals surface area contributed by atoms with Crippen LogP contribution in [-0.4, -0.2) is 18.4 Å². The smallest absolute Gasteiger partial charge is 0.316 e. The highest BCUT2D eigenvalue weighted by Crippen LogP contribution is 2.29. The Morgan fingerprint density at radius 3 is 2.24 bits per heavy atom. The first-order valence-corrected chi connectivity index (χ1v) is 8.51. The molecule has 1 saturated heterocycles. The molecule has 0 spiro atoms. The van der Waals surface area contributed by atoms with Crippen LogP contribution in [-0.2, 0) is 9.59 Å². The quantitative estimate of drug-likeness (QED) is 0.631. The number of esters is 1. The molecule has 1 fully saturated rings. The molecule has 1 aliphatic heterocycles. The van der Waals surface area contributed by atoms with Crippen molar-refractivity contribution in [1.82, 2.24) is 0 Å². The van der Waals surface area contributed by atoms with E-state index in [1.54, 1.807) is 4.90 Å². The number of carbonyl (C=O) groups is 2. The summed E-state index contributed by atoms with van der Waals surface area (Å²) in [5.41, 5.74) is 4.89. The van der Waals surface area contributed by atoms with Crippen LogP contribution in [0.4, 0.5) is 5.69 Å². The van der Waals surface area contributed by atoms with Crippen LogP contribution >= 0.6 is 0 Å². The molecule has 0 unspecified atom stereocenters. The Morgan fingerprint density at radius 2 is 1.64 bits per heavy atom. The molecule has 25 heavy (non-hydrogen) atoms. The maximum Gasteiger partial charge on any atom is 0.316 e. The number of hydrogen-bond acceptors (Lipinski definition) is 3. The van der Waals surface area contributed by atoms with Crippen LogP contribution in [0.25, 0.3) is 0 Å². The van der Waals surface area contributed by atoms with Gasteiger partial charge in [-0.3, -0.25) is 9.59 Å². The molecule has 1 atom stereocenters. The summed E-state index contributed by atoms with van der Waals surface area (Å²) >= 11 is 0. The molecular formula is C21H23NO3. The van der Waals surface area contributed by atoms with Gasteiger partial charge < -0.3 is 9.64 Å². The predicted molar refractivity (Wildman–Crippen MR) is 97.9 cm³/mol. The van der Waals surface area contributed by atoms with E-state index in [0.717, 1.165) is 27.9 Å². The van der Waals surface area contributed by atoms with Crippen molar-refractivity contribution < 1.29 is 14.3 Å². The molecule has 4 heteroatoms. The van der Waals surface area contributed by atoms with Gasteiger partial charge in [0.15, 0.2) is 0 Å². The summed E-state index contributed by atoms with van der Waals surface area (Å²) in [7, 11) is 0. The number of ether oxygens (including phenoxy) is 1. The Kier molecular flexibility index (Phi) is 4.62. The lowest BCUT2D eigenvalue weighted by Crippen LogP contribution is -2.27. The second kappa shape index (κ2) is 6.71. The largest absolute Gasteiger partial charge is 0.426 e. The number of nitrogens with zero attached hydrogens (tertiary/aromatic N) is 1. The number of aryl methyl sites for hydroxylation is 4. The van der Waals surface area contributed by atoms with Gasteiger partial charge >= 0.3 is 5.97 Å². The first-order valence-electron chi connectivity index (χ1n) is 8.51. The topological polar surface area (TPSA) is 46.6 Å². The highest BCUT2D eigenvalue weighted by atomic mass is 16.5. The SMILES string of the molecule is Cc1cc(C)cc(N2C[C@@H](C(=O)Oc3c(C)cccc3C)CC2=O)c1. The van der Waals surface area contributed by atoms with Crippen LogP contribution in [0.2, 0.25) is 0 Å². The molecule has 0 N–H and O–H groups in total. The van der Waals surface area contributed by atoms with Gasteiger partial charge in [0.25, 0.3) is 0 Å². The summed E-state index contributed by atoms with van der Waals surface area (Å²) in [6.45, 7) is 8.20. The van der Waals surface area contributed by atoms with E-state index in [0.29, 0.717) is 12.3 Å². The van der Waals surface area contributed by atoms with Crippen LogP contribution in [0.3, 0.4) is 0 Å². The molecule has 2 aromatic carbocycles. The number of hydrogen-bond donors (Lipinski definition) is 0. The highest BCUT2D eigenvalue weighted by molar-refractivity contribution is 5.99. The molecule has 0 radical (unpaired) electrons. The second-order valence-electron chi connectivity index (χ2n) is 6.89. The van der Waals surface area contributed by atoms with Gasteiger partial charge in [0, 0.05) is 18.7 Å². The molecular weight excluding hydrogens is 314 g/mol. The Hall–Kier alpha value is -2.62. The van der Waals surface area contributed by atoms with Crippen LogP contribution in [0.15, 0.2) is 36.4 Å². The molecule has 0 aliphatic carbocycles. The fraction of sp³-hybridized carbons (Fsp3) is 0.333. The fourth-order valence-corrected chi connectivity index (χ4v) is 3.37. The van der Waals surface area contributed by atoms with Crippen molar-refractivity contribution >= 4 is 17.6 Å². The van der Waals surface area contributed by atoms with E-state index >= 15 is 0 Å². The van der Waals surface area contributed by atoms with E-state index in [1.165, 1.54) is 0 Å². The van der Waals surface area contributed by atoms with Crippen LogP contribution in [0.5, 0.6) is 5.75 Å². The third-order valence-electron chi connectivity index (χ3n) is 4.59. The molecule has 130 valence electrons. The number of benzene rings is 2. The van der Waals surface area contributed by atoms with Crippen molar-refractivity contribution in [2.75, 3.05) is 11.4 Å². The number of carbonyl (C=O) groups excluding carboxylic acids is 2. The van der Waals surface area contributed by atoms with Gasteiger partial charge in [-0.1, -0.05) is 24.3 Å². The lowest BCUT2D eigenvalue weighted by atomic mass is 10.1. The number of amides is 1. The predicted octanol–water partition coefficient (Wildman–Crippen LogP) is 3.88. The average Bonchev–Trinajstić information content (AvgIpc) is 2.92. The molecule has 3 rings (SSSR count). The van der Waals surface area contributed by atoms with Crippen LogP contribution < -0.4 is 9.64 Å². The summed E-state index contributed by atoms with van der Waals surface area (Å²) in [6, 6.07) is 11.8. The van der Waals surface area contributed by atoms with Gasteiger partial charge in [0.2, 0.25) is 5.91 Å². The maximum atomic E-state index is 12.6. The molecule has 0 bridgehead atoms. The van der Waals surface area contributed by atoms with E-state index in [4.69, 9.17) is 4.74 Å². The van der Waals surface area contributed by atoms with Gasteiger partial charge in [0.1, 0.15) is 5.75 Å². The zero-order chi connectivity index (χ0) is 18.1. The molecule has 1 heterocycles. The first kappa shape index (κ1) is 17.2. The monoisotopic (exact) mass is 337 g/mol. The highest BCUT2D eigenvalue weighted by Gasteiger charge is 2.36. The molecule has 0 saturated carbocycles. The summed E-state index contributed by atoms with van der Waals surface area (Å²) < 4.78 is 5.62. The van der Waals surface area contributed by atoms with Crippen LogP contribution in [0, 0.1) is 33.6 Å². The number of para-hydroxylation sites is 1. The maximum absolute atomic E-state index is 12.6. The lowest BCUT2D eigenvalue weighted by Gasteiger charge is -2.18. The van der Waals surface area contributed by atoms with Crippen molar-refractivity contribution in [3.05, 3.63) is 58.7 Å². The minimum Gasteiger partial charge on any atom is -0.426 e. The standard InChI is InChI=1S/C21H23NO3/c1-13-8-14(2)10-18(9-13)22-12-17(11-19(22)23)21(24)25-20-15(3)6-5-7-16(20)4/h5-10,17H,11-12H2,1-4H3/t17-/m0/s1. The van der Waals surface area contributed by atoms with Crippen molar-refractivity contribution in [2.45, 2.75) is 34.1 Å². The Bertz CT molecular complexity index is 801. The minimum atomic E-state index is -0.438. The zero-order valence-electron chi connectivity index (χ0n) is 15.1. The Balaban J connectivity index is 1.77. The normalized spacial score (nSPS) is 17.0. The molecule has 0 aromatic heterocycles. The Labute approximate surface area is 148 Å². The second-order valence-corrected chi connectivity index (χ2v) is 6.89. The summed E-state index contributed by atoms with van der Waals surface area (Å²) in [5, 5.41) is 0. The Morgan fingerprint density at radius 1 is 1.04 bits per heavy atom. The van der Waals surface area contributed by atoms with E-state index in [1.807, 2.05) is 58.0 Å². The van der Waals surface area contributed by atoms with E-state index in [-0.39, 0.29) is 18.3 Å². The molecule has 4 nitrogen and oxygen atoms in total. The van der Waals surface area contributed by atoms with Crippen molar-refractivity contribution in [1.29, 1.82) is 0 Å². The molecule has 2 aromatic rings. The number of rotatable bonds is 3. The van der Waals surface area contributed by atoms with Crippen molar-refractivity contribution in [3.63, 3.8) is 0 Å². The van der Waals surface area contributed by atoms with E-state index < -0.39 is 5.92 Å². The third-order valence-corrected chi connectivity index (χ3v) is 4.59.